The van der Waals surface area contributed by atoms with Crippen LogP contribution in [0.3, 0.4) is 0 Å². The van der Waals surface area contributed by atoms with Gasteiger partial charge in [-0.15, -0.1) is 12.6 Å². The molecule has 0 radical (unpaired) electrons. The van der Waals surface area contributed by atoms with Crippen molar-refractivity contribution in [2.24, 2.45) is 0 Å². The van der Waals surface area contributed by atoms with Crippen LogP contribution in [-0.4, -0.2) is 17.0 Å². The van der Waals surface area contributed by atoms with Crippen LogP contribution in [0.4, 0.5) is 5.69 Å². The second-order valence-corrected chi connectivity index (χ2v) is 3.20. The Kier molecular flexibility index (Phi) is 3.14. The maximum atomic E-state index is 10.7. The van der Waals surface area contributed by atoms with E-state index in [1.54, 1.807) is 0 Å². The first kappa shape index (κ1) is 10.6. The van der Waals surface area contributed by atoms with Crippen molar-refractivity contribution in [3.05, 3.63) is 23.8 Å². The smallest absolute Gasteiger partial charge is 0.336 e. The molecule has 5 heteroatoms. The van der Waals surface area contributed by atoms with Gasteiger partial charge in [0.15, 0.2) is 0 Å². The minimum Gasteiger partial charge on any atom is -0.478 e. The number of hydrogen-bond donors (Lipinski definition) is 3. The van der Waals surface area contributed by atoms with Gasteiger partial charge in [-0.25, -0.2) is 4.79 Å². The summed E-state index contributed by atoms with van der Waals surface area (Å²) in [6, 6.07) is 4.41. The van der Waals surface area contributed by atoms with Crippen LogP contribution in [0.25, 0.3) is 0 Å². The Morgan fingerprint density at radius 3 is 2.50 bits per heavy atom. The molecule has 0 saturated heterocycles. The van der Waals surface area contributed by atoms with E-state index in [-0.39, 0.29) is 11.5 Å². The molecule has 0 bridgehead atoms. The van der Waals surface area contributed by atoms with Crippen LogP contribution in [0.1, 0.15) is 17.3 Å². The summed E-state index contributed by atoms with van der Waals surface area (Å²) in [6.07, 6.45) is 0. The lowest BCUT2D eigenvalue weighted by Gasteiger charge is -2.04. The molecule has 1 aromatic rings. The number of carbonyl (C=O) groups is 2. The summed E-state index contributed by atoms with van der Waals surface area (Å²) in [6.45, 7) is 1.38. The van der Waals surface area contributed by atoms with E-state index in [4.69, 9.17) is 5.11 Å². The Morgan fingerprint density at radius 1 is 1.43 bits per heavy atom. The average Bonchev–Trinajstić information content (AvgIpc) is 2.01. The Labute approximate surface area is 86.3 Å². The molecule has 0 aromatic heterocycles. The Bertz CT molecular complexity index is 390. The zero-order valence-electron chi connectivity index (χ0n) is 7.44. The first-order valence-corrected chi connectivity index (χ1v) is 4.29. The highest BCUT2D eigenvalue weighted by Gasteiger charge is 2.07. The minimum absolute atomic E-state index is 0.113. The number of carboxylic acids is 1. The van der Waals surface area contributed by atoms with Gasteiger partial charge in [0.05, 0.1) is 5.56 Å². The Morgan fingerprint density at radius 2 is 2.07 bits per heavy atom. The van der Waals surface area contributed by atoms with Crippen molar-refractivity contribution in [1.82, 2.24) is 0 Å². The van der Waals surface area contributed by atoms with Crippen LogP contribution in [0.2, 0.25) is 0 Å². The van der Waals surface area contributed by atoms with Gasteiger partial charge < -0.3 is 10.4 Å². The summed E-state index contributed by atoms with van der Waals surface area (Å²) in [4.78, 5) is 21.6. The highest BCUT2D eigenvalue weighted by molar-refractivity contribution is 7.80. The third-order valence-corrected chi connectivity index (χ3v) is 1.92. The number of amides is 1. The maximum Gasteiger partial charge on any atom is 0.336 e. The number of anilines is 1. The largest absolute Gasteiger partial charge is 0.478 e. The van der Waals surface area contributed by atoms with E-state index in [1.807, 2.05) is 0 Å². The number of carboxylic acid groups (broad SMARTS) is 1. The summed E-state index contributed by atoms with van der Waals surface area (Å²) in [5.41, 5.74) is 0.648. The fourth-order valence-corrected chi connectivity index (χ4v) is 1.30. The number of benzene rings is 1. The SMILES string of the molecule is CC(=O)Nc1ccc(C(=O)O)c(S)c1. The number of aromatic carboxylic acids is 1. The van der Waals surface area contributed by atoms with Gasteiger partial charge in [-0.2, -0.15) is 0 Å². The maximum absolute atomic E-state index is 10.7. The fraction of sp³-hybridized carbons (Fsp3) is 0.111. The zero-order valence-corrected chi connectivity index (χ0v) is 8.34. The molecule has 14 heavy (non-hydrogen) atoms. The summed E-state index contributed by atoms with van der Waals surface area (Å²) in [7, 11) is 0. The number of rotatable bonds is 2. The molecule has 0 aliphatic rings. The molecule has 0 aliphatic carbocycles. The van der Waals surface area contributed by atoms with E-state index in [9.17, 15) is 9.59 Å². The molecule has 0 spiro atoms. The predicted molar refractivity (Wildman–Crippen MR) is 55.0 cm³/mol. The molecule has 0 fully saturated rings. The molecule has 1 rings (SSSR count). The minimum atomic E-state index is -1.04. The molecular weight excluding hydrogens is 202 g/mol. The first-order valence-electron chi connectivity index (χ1n) is 3.84. The van der Waals surface area contributed by atoms with Crippen LogP contribution in [0.5, 0.6) is 0 Å². The second kappa shape index (κ2) is 4.15. The van der Waals surface area contributed by atoms with Crippen LogP contribution >= 0.6 is 12.6 Å². The van der Waals surface area contributed by atoms with Crippen molar-refractivity contribution in [2.75, 3.05) is 5.32 Å². The predicted octanol–water partition coefficient (Wildman–Crippen LogP) is 1.63. The number of hydrogen-bond acceptors (Lipinski definition) is 3. The monoisotopic (exact) mass is 211 g/mol. The molecule has 0 aliphatic heterocycles. The van der Waals surface area contributed by atoms with E-state index in [2.05, 4.69) is 17.9 Å². The van der Waals surface area contributed by atoms with Gasteiger partial charge in [0.1, 0.15) is 0 Å². The van der Waals surface area contributed by atoms with Gasteiger partial charge in [0.2, 0.25) is 5.91 Å². The quantitative estimate of drug-likeness (QED) is 0.651. The average molecular weight is 211 g/mol. The van der Waals surface area contributed by atoms with Gasteiger partial charge in [-0.05, 0) is 18.2 Å². The molecule has 0 atom stereocenters. The lowest BCUT2D eigenvalue weighted by Crippen LogP contribution is -2.06. The van der Waals surface area contributed by atoms with Crippen LogP contribution in [-0.2, 0) is 4.79 Å². The first-order chi connectivity index (χ1) is 6.50. The Balaban J connectivity index is 3.00. The van der Waals surface area contributed by atoms with Gasteiger partial charge >= 0.3 is 5.97 Å². The molecule has 74 valence electrons. The van der Waals surface area contributed by atoms with Crippen LogP contribution in [0, 0.1) is 0 Å². The van der Waals surface area contributed by atoms with Gasteiger partial charge in [0.25, 0.3) is 0 Å². The van der Waals surface area contributed by atoms with E-state index in [1.165, 1.54) is 25.1 Å². The van der Waals surface area contributed by atoms with E-state index >= 15 is 0 Å². The standard InChI is InChI=1S/C9H9NO3S/c1-5(11)10-6-2-3-7(9(12)13)8(14)4-6/h2-4,14H,1H3,(H,10,11)(H,12,13). The van der Waals surface area contributed by atoms with Crippen molar-refractivity contribution in [3.63, 3.8) is 0 Å². The molecule has 0 heterocycles. The molecular formula is C9H9NO3S. The highest BCUT2D eigenvalue weighted by atomic mass is 32.1. The van der Waals surface area contributed by atoms with E-state index < -0.39 is 5.97 Å². The summed E-state index contributed by atoms with van der Waals surface area (Å²) >= 11 is 4.00. The van der Waals surface area contributed by atoms with Crippen molar-refractivity contribution >= 4 is 30.2 Å². The molecule has 2 N–H and O–H groups in total. The summed E-state index contributed by atoms with van der Waals surface area (Å²) in [5, 5.41) is 11.2. The van der Waals surface area contributed by atoms with Gasteiger partial charge in [0, 0.05) is 17.5 Å². The third kappa shape index (κ3) is 2.50. The molecule has 0 saturated carbocycles. The molecule has 1 aromatic carbocycles. The zero-order chi connectivity index (χ0) is 10.7. The van der Waals surface area contributed by atoms with Crippen molar-refractivity contribution in [1.29, 1.82) is 0 Å². The van der Waals surface area contributed by atoms with Gasteiger partial charge in [-0.1, -0.05) is 0 Å². The van der Waals surface area contributed by atoms with Crippen molar-refractivity contribution in [2.45, 2.75) is 11.8 Å². The number of carbonyl (C=O) groups excluding carboxylic acids is 1. The summed E-state index contributed by atoms with van der Waals surface area (Å²) < 4.78 is 0. The van der Waals surface area contributed by atoms with Crippen LogP contribution in [0.15, 0.2) is 23.1 Å². The van der Waals surface area contributed by atoms with Crippen molar-refractivity contribution < 1.29 is 14.7 Å². The third-order valence-electron chi connectivity index (χ3n) is 1.55. The van der Waals surface area contributed by atoms with Crippen LogP contribution < -0.4 is 5.32 Å². The van der Waals surface area contributed by atoms with E-state index in [0.29, 0.717) is 10.6 Å². The number of thiol groups is 1. The fourth-order valence-electron chi connectivity index (χ4n) is 0.994. The van der Waals surface area contributed by atoms with E-state index in [0.717, 1.165) is 0 Å². The normalized spacial score (nSPS) is 9.57. The summed E-state index contributed by atoms with van der Waals surface area (Å²) in [5.74, 6) is -1.25. The molecule has 1 amide bonds. The van der Waals surface area contributed by atoms with Gasteiger partial charge in [-0.3, -0.25) is 4.79 Å². The highest BCUT2D eigenvalue weighted by Crippen LogP contribution is 2.19. The lowest BCUT2D eigenvalue weighted by molar-refractivity contribution is -0.114. The number of nitrogens with one attached hydrogen (secondary N) is 1. The molecule has 0 unspecified atom stereocenters. The Hall–Kier alpha value is -1.49. The second-order valence-electron chi connectivity index (χ2n) is 2.72. The van der Waals surface area contributed by atoms with Crippen molar-refractivity contribution in [3.8, 4) is 0 Å². The lowest BCUT2D eigenvalue weighted by atomic mass is 10.2. The molecule has 4 nitrogen and oxygen atoms in total. The topological polar surface area (TPSA) is 66.4 Å².